The molecule has 0 aliphatic heterocycles. The summed E-state index contributed by atoms with van der Waals surface area (Å²) in [5.74, 6) is 1.36. The van der Waals surface area contributed by atoms with Crippen molar-refractivity contribution in [2.75, 3.05) is 14.2 Å². The van der Waals surface area contributed by atoms with E-state index in [1.807, 2.05) is 13.1 Å². The van der Waals surface area contributed by atoms with E-state index in [1.165, 1.54) is 39.2 Å². The molecule has 1 aliphatic carbocycles. The van der Waals surface area contributed by atoms with Crippen molar-refractivity contribution in [3.8, 4) is 0 Å². The van der Waals surface area contributed by atoms with Gasteiger partial charge < -0.3 is 14.5 Å². The van der Waals surface area contributed by atoms with Gasteiger partial charge in [0.25, 0.3) is 0 Å². The highest BCUT2D eigenvalue weighted by atomic mass is 16.5. The van der Waals surface area contributed by atoms with Crippen LogP contribution in [0.2, 0.25) is 0 Å². The predicted octanol–water partition coefficient (Wildman–Crippen LogP) is 3.93. The molecule has 4 nitrogen and oxygen atoms in total. The Morgan fingerprint density at radius 1 is 1.38 bits per heavy atom. The molecular weight excluding hydrogens is 266 g/mol. The van der Waals surface area contributed by atoms with Crippen LogP contribution in [-0.2, 0) is 4.74 Å². The van der Waals surface area contributed by atoms with Crippen LogP contribution < -0.4 is 5.32 Å². The summed E-state index contributed by atoms with van der Waals surface area (Å²) in [6.45, 7) is 4.55. The third kappa shape index (κ3) is 3.31. The summed E-state index contributed by atoms with van der Waals surface area (Å²) in [5.41, 5.74) is 0.230. The van der Waals surface area contributed by atoms with Crippen molar-refractivity contribution in [1.82, 2.24) is 5.32 Å². The minimum atomic E-state index is -0.416. The Morgan fingerprint density at radius 2 is 2.05 bits per heavy atom. The van der Waals surface area contributed by atoms with Gasteiger partial charge in [0.05, 0.1) is 13.2 Å². The third-order valence-electron chi connectivity index (χ3n) is 4.61. The number of carbonyl (C=O) groups excluding carboxylic acids is 1. The number of carbonyl (C=O) groups is 1. The average molecular weight is 293 g/mol. The summed E-state index contributed by atoms with van der Waals surface area (Å²) < 4.78 is 10.5. The van der Waals surface area contributed by atoms with Crippen molar-refractivity contribution in [1.29, 1.82) is 0 Å². The summed E-state index contributed by atoms with van der Waals surface area (Å²) in [5, 5.41) is 3.43. The molecule has 1 aromatic heterocycles. The molecule has 21 heavy (non-hydrogen) atoms. The number of hydrogen-bond donors (Lipinski definition) is 1. The Bertz CT molecular complexity index is 472. The Kier molecular flexibility index (Phi) is 5.09. The van der Waals surface area contributed by atoms with E-state index in [1.54, 1.807) is 6.07 Å². The minimum Gasteiger partial charge on any atom is -0.463 e. The first-order valence-electron chi connectivity index (χ1n) is 7.88. The van der Waals surface area contributed by atoms with Crippen molar-refractivity contribution >= 4 is 5.97 Å². The first-order valence-corrected chi connectivity index (χ1v) is 7.88. The molecule has 0 bridgehead atoms. The molecular formula is C17H27NO3. The fourth-order valence-electron chi connectivity index (χ4n) is 3.97. The lowest BCUT2D eigenvalue weighted by atomic mass is 9.72. The maximum Gasteiger partial charge on any atom is 0.373 e. The normalized spacial score (nSPS) is 18.9. The van der Waals surface area contributed by atoms with E-state index in [-0.39, 0.29) is 17.2 Å². The van der Waals surface area contributed by atoms with Gasteiger partial charge in [-0.3, -0.25) is 0 Å². The van der Waals surface area contributed by atoms with Crippen molar-refractivity contribution in [3.63, 3.8) is 0 Å². The van der Waals surface area contributed by atoms with Crippen LogP contribution in [0.1, 0.15) is 68.3 Å². The van der Waals surface area contributed by atoms with Gasteiger partial charge in [-0.15, -0.1) is 0 Å². The lowest BCUT2D eigenvalue weighted by molar-refractivity contribution is 0.0556. The maximum atomic E-state index is 11.6. The monoisotopic (exact) mass is 293 g/mol. The molecule has 1 N–H and O–H groups in total. The third-order valence-corrected chi connectivity index (χ3v) is 4.61. The van der Waals surface area contributed by atoms with E-state index in [9.17, 15) is 4.79 Å². The van der Waals surface area contributed by atoms with Gasteiger partial charge in [-0.05, 0) is 49.8 Å². The molecule has 118 valence electrons. The van der Waals surface area contributed by atoms with Gasteiger partial charge in [-0.1, -0.05) is 26.7 Å². The van der Waals surface area contributed by atoms with E-state index < -0.39 is 5.97 Å². The van der Waals surface area contributed by atoms with E-state index in [0.29, 0.717) is 5.92 Å². The molecule has 2 rings (SSSR count). The number of furan rings is 1. The highest BCUT2D eigenvalue weighted by molar-refractivity contribution is 5.86. The number of esters is 1. The van der Waals surface area contributed by atoms with Crippen molar-refractivity contribution in [2.24, 2.45) is 11.3 Å². The predicted molar refractivity (Wildman–Crippen MR) is 82.2 cm³/mol. The van der Waals surface area contributed by atoms with Crippen LogP contribution in [0.15, 0.2) is 16.5 Å². The van der Waals surface area contributed by atoms with Gasteiger partial charge in [-0.25, -0.2) is 4.79 Å². The van der Waals surface area contributed by atoms with Crippen molar-refractivity contribution < 1.29 is 13.9 Å². The van der Waals surface area contributed by atoms with E-state index in [4.69, 9.17) is 9.15 Å². The molecule has 1 aromatic rings. The maximum absolute atomic E-state index is 11.6. The molecule has 1 fully saturated rings. The SMILES string of the molecule is CNC(c1ccc(C(=O)OC)o1)C1(CC(C)C)CCCC1. The summed E-state index contributed by atoms with van der Waals surface area (Å²) in [6.07, 6.45) is 6.15. The quantitative estimate of drug-likeness (QED) is 0.807. The van der Waals surface area contributed by atoms with Crippen LogP contribution in [0, 0.1) is 11.3 Å². The number of nitrogens with one attached hydrogen (secondary N) is 1. The van der Waals surface area contributed by atoms with Crippen molar-refractivity contribution in [2.45, 2.75) is 52.0 Å². The van der Waals surface area contributed by atoms with Crippen LogP contribution >= 0.6 is 0 Å². The number of ether oxygens (including phenoxy) is 1. The Morgan fingerprint density at radius 3 is 2.57 bits per heavy atom. The van der Waals surface area contributed by atoms with Crippen LogP contribution in [0.25, 0.3) is 0 Å². The number of methoxy groups -OCH3 is 1. The smallest absolute Gasteiger partial charge is 0.373 e. The van der Waals surface area contributed by atoms with Gasteiger partial charge in [-0.2, -0.15) is 0 Å². The fourth-order valence-corrected chi connectivity index (χ4v) is 3.97. The average Bonchev–Trinajstić information content (AvgIpc) is 3.08. The molecule has 1 atom stereocenters. The van der Waals surface area contributed by atoms with Crippen molar-refractivity contribution in [3.05, 3.63) is 23.7 Å². The molecule has 0 saturated heterocycles. The highest BCUT2D eigenvalue weighted by Crippen LogP contribution is 2.51. The minimum absolute atomic E-state index is 0.154. The standard InChI is InChI=1S/C17H27NO3/c1-12(2)11-17(9-5-6-10-17)15(18-3)13-7-8-14(21-13)16(19)20-4/h7-8,12,15,18H,5-6,9-11H2,1-4H3. The van der Waals surface area contributed by atoms with Crippen LogP contribution in [0.5, 0.6) is 0 Å². The zero-order valence-electron chi connectivity index (χ0n) is 13.6. The molecule has 1 aliphatic rings. The van der Waals surface area contributed by atoms with E-state index >= 15 is 0 Å². The molecule has 0 amide bonds. The second kappa shape index (κ2) is 6.65. The molecule has 0 spiro atoms. The second-order valence-corrected chi connectivity index (χ2v) is 6.58. The largest absolute Gasteiger partial charge is 0.463 e. The van der Waals surface area contributed by atoms with Gasteiger partial charge in [0.15, 0.2) is 0 Å². The summed E-state index contributed by atoms with van der Waals surface area (Å²) in [6, 6.07) is 3.78. The molecule has 4 heteroatoms. The lowest BCUT2D eigenvalue weighted by Gasteiger charge is -2.38. The molecule has 0 radical (unpaired) electrons. The first kappa shape index (κ1) is 16.1. The summed E-state index contributed by atoms with van der Waals surface area (Å²) >= 11 is 0. The first-order chi connectivity index (χ1) is 10.0. The Labute approximate surface area is 127 Å². The van der Waals surface area contributed by atoms with Crippen LogP contribution in [-0.4, -0.2) is 20.1 Å². The summed E-state index contributed by atoms with van der Waals surface area (Å²) in [7, 11) is 3.35. The van der Waals surface area contributed by atoms with Crippen LogP contribution in [0.4, 0.5) is 0 Å². The van der Waals surface area contributed by atoms with Crippen LogP contribution in [0.3, 0.4) is 0 Å². The van der Waals surface area contributed by atoms with Gasteiger partial charge in [0.1, 0.15) is 5.76 Å². The summed E-state index contributed by atoms with van der Waals surface area (Å²) in [4.78, 5) is 11.6. The molecule has 1 saturated carbocycles. The number of rotatable bonds is 6. The molecule has 1 unspecified atom stereocenters. The molecule has 0 aromatic carbocycles. The van der Waals surface area contributed by atoms with E-state index in [2.05, 4.69) is 19.2 Å². The topological polar surface area (TPSA) is 51.5 Å². The molecule has 1 heterocycles. The lowest BCUT2D eigenvalue weighted by Crippen LogP contribution is -2.35. The zero-order chi connectivity index (χ0) is 15.5. The zero-order valence-corrected chi connectivity index (χ0v) is 13.6. The Balaban J connectivity index is 2.28. The number of hydrogen-bond acceptors (Lipinski definition) is 4. The fraction of sp³-hybridized carbons (Fsp3) is 0.706. The Hall–Kier alpha value is -1.29. The van der Waals surface area contributed by atoms with E-state index in [0.717, 1.165) is 5.76 Å². The van der Waals surface area contributed by atoms with Gasteiger partial charge in [0, 0.05) is 0 Å². The van der Waals surface area contributed by atoms with Gasteiger partial charge >= 0.3 is 5.97 Å². The highest BCUT2D eigenvalue weighted by Gasteiger charge is 2.43. The second-order valence-electron chi connectivity index (χ2n) is 6.58. The van der Waals surface area contributed by atoms with Gasteiger partial charge in [0.2, 0.25) is 5.76 Å².